The molecule has 0 saturated heterocycles. The van der Waals surface area contributed by atoms with Gasteiger partial charge < -0.3 is 9.67 Å². The summed E-state index contributed by atoms with van der Waals surface area (Å²) in [5, 5.41) is 9.28. The van der Waals surface area contributed by atoms with Crippen LogP contribution in [-0.2, 0) is 7.05 Å². The van der Waals surface area contributed by atoms with Crippen LogP contribution in [0.3, 0.4) is 0 Å². The number of aromatic hydroxyl groups is 1. The first kappa shape index (κ1) is 8.81. The molecule has 1 aromatic heterocycles. The summed E-state index contributed by atoms with van der Waals surface area (Å²) in [6.07, 6.45) is 3.67. The molecule has 0 atom stereocenters. The van der Waals surface area contributed by atoms with E-state index in [0.717, 1.165) is 17.0 Å². The molecule has 2 aromatic rings. The Morgan fingerprint density at radius 2 is 2.14 bits per heavy atom. The number of aryl methyl sites for hydroxylation is 2. The Bertz CT molecular complexity index is 460. The summed E-state index contributed by atoms with van der Waals surface area (Å²) in [6.45, 7) is 1.96. The fraction of sp³-hybridized carbons (Fsp3) is 0.182. The van der Waals surface area contributed by atoms with Crippen molar-refractivity contribution in [3.63, 3.8) is 0 Å². The lowest BCUT2D eigenvalue weighted by Gasteiger charge is -2.05. The average molecular weight is 188 g/mol. The third kappa shape index (κ3) is 1.37. The van der Waals surface area contributed by atoms with Crippen LogP contribution in [0, 0.1) is 6.92 Å². The van der Waals surface area contributed by atoms with Crippen molar-refractivity contribution in [3.05, 3.63) is 36.2 Å². The highest BCUT2D eigenvalue weighted by atomic mass is 16.3. The molecule has 0 aliphatic heterocycles. The molecule has 3 nitrogen and oxygen atoms in total. The first-order valence-electron chi connectivity index (χ1n) is 4.46. The fourth-order valence-corrected chi connectivity index (χ4v) is 1.52. The van der Waals surface area contributed by atoms with E-state index < -0.39 is 0 Å². The summed E-state index contributed by atoms with van der Waals surface area (Å²) in [6, 6.07) is 5.30. The smallest absolute Gasteiger partial charge is 0.139 e. The normalized spacial score (nSPS) is 10.4. The van der Waals surface area contributed by atoms with Crippen molar-refractivity contribution in [3.8, 4) is 17.1 Å². The summed E-state index contributed by atoms with van der Waals surface area (Å²) in [5.74, 6) is 1.21. The summed E-state index contributed by atoms with van der Waals surface area (Å²) in [4.78, 5) is 4.26. The van der Waals surface area contributed by atoms with Gasteiger partial charge in [-0.3, -0.25) is 0 Å². The van der Waals surface area contributed by atoms with Crippen LogP contribution in [0.5, 0.6) is 5.75 Å². The van der Waals surface area contributed by atoms with Gasteiger partial charge in [0.2, 0.25) is 0 Å². The van der Waals surface area contributed by atoms with Crippen LogP contribution in [0.4, 0.5) is 0 Å². The van der Waals surface area contributed by atoms with Crippen molar-refractivity contribution in [2.24, 2.45) is 7.05 Å². The standard InChI is InChI=1S/C11H12N2O/c1-8-7-9(14)3-4-10(8)11-12-5-6-13(11)2/h3-7,14H,1-2H3. The minimum atomic E-state index is 0.292. The Balaban J connectivity index is 2.58. The summed E-state index contributed by atoms with van der Waals surface area (Å²) >= 11 is 0. The summed E-state index contributed by atoms with van der Waals surface area (Å²) in [5.41, 5.74) is 2.08. The van der Waals surface area contributed by atoms with Crippen LogP contribution in [0.1, 0.15) is 5.56 Å². The number of rotatable bonds is 1. The Labute approximate surface area is 82.7 Å². The predicted molar refractivity (Wildman–Crippen MR) is 55.0 cm³/mol. The van der Waals surface area contributed by atoms with Crippen molar-refractivity contribution in [2.45, 2.75) is 6.92 Å². The zero-order valence-corrected chi connectivity index (χ0v) is 8.23. The molecule has 0 amide bonds. The third-order valence-corrected chi connectivity index (χ3v) is 2.27. The molecule has 0 bridgehead atoms. The lowest BCUT2D eigenvalue weighted by atomic mass is 10.1. The van der Waals surface area contributed by atoms with Gasteiger partial charge >= 0.3 is 0 Å². The predicted octanol–water partition coefficient (Wildman–Crippen LogP) is 2.10. The highest BCUT2D eigenvalue weighted by molar-refractivity contribution is 5.61. The van der Waals surface area contributed by atoms with E-state index in [1.807, 2.05) is 30.8 Å². The Morgan fingerprint density at radius 1 is 1.36 bits per heavy atom. The van der Waals surface area contributed by atoms with E-state index in [2.05, 4.69) is 4.98 Å². The molecular weight excluding hydrogens is 176 g/mol. The molecule has 0 unspecified atom stereocenters. The van der Waals surface area contributed by atoms with Crippen molar-refractivity contribution in [1.82, 2.24) is 9.55 Å². The van der Waals surface area contributed by atoms with Crippen LogP contribution in [0.15, 0.2) is 30.6 Å². The maximum atomic E-state index is 9.28. The van der Waals surface area contributed by atoms with Crippen LogP contribution in [0.25, 0.3) is 11.4 Å². The van der Waals surface area contributed by atoms with E-state index in [1.54, 1.807) is 18.3 Å². The SMILES string of the molecule is Cc1cc(O)ccc1-c1nccn1C. The highest BCUT2D eigenvalue weighted by Crippen LogP contribution is 2.24. The van der Waals surface area contributed by atoms with Gasteiger partial charge in [0.05, 0.1) is 0 Å². The van der Waals surface area contributed by atoms with Crippen molar-refractivity contribution in [1.29, 1.82) is 0 Å². The van der Waals surface area contributed by atoms with Crippen molar-refractivity contribution >= 4 is 0 Å². The highest BCUT2D eigenvalue weighted by Gasteiger charge is 2.06. The Hall–Kier alpha value is -1.77. The van der Waals surface area contributed by atoms with Crippen LogP contribution in [-0.4, -0.2) is 14.7 Å². The lowest BCUT2D eigenvalue weighted by Crippen LogP contribution is -1.93. The molecule has 0 spiro atoms. The quantitative estimate of drug-likeness (QED) is 0.744. The van der Waals surface area contributed by atoms with Gasteiger partial charge in [-0.2, -0.15) is 0 Å². The molecule has 72 valence electrons. The largest absolute Gasteiger partial charge is 0.508 e. The van der Waals surface area contributed by atoms with E-state index in [1.165, 1.54) is 0 Å². The zero-order chi connectivity index (χ0) is 10.1. The van der Waals surface area contributed by atoms with Crippen LogP contribution in [0.2, 0.25) is 0 Å². The molecule has 0 fully saturated rings. The molecule has 1 N–H and O–H groups in total. The van der Waals surface area contributed by atoms with Gasteiger partial charge in [0.25, 0.3) is 0 Å². The first-order chi connectivity index (χ1) is 6.68. The van der Waals surface area contributed by atoms with E-state index >= 15 is 0 Å². The van der Waals surface area contributed by atoms with Gasteiger partial charge in [0.15, 0.2) is 0 Å². The number of imidazole rings is 1. The second-order valence-corrected chi connectivity index (χ2v) is 3.36. The number of phenolic OH excluding ortho intramolecular Hbond substituents is 1. The number of hydrogen-bond donors (Lipinski definition) is 1. The molecule has 3 heteroatoms. The zero-order valence-electron chi connectivity index (χ0n) is 8.23. The van der Waals surface area contributed by atoms with Gasteiger partial charge in [-0.25, -0.2) is 4.98 Å². The lowest BCUT2D eigenvalue weighted by molar-refractivity contribution is 0.475. The van der Waals surface area contributed by atoms with Gasteiger partial charge in [-0.15, -0.1) is 0 Å². The van der Waals surface area contributed by atoms with Crippen LogP contribution >= 0.6 is 0 Å². The molecule has 0 saturated carbocycles. The molecule has 1 heterocycles. The van der Waals surface area contributed by atoms with Crippen LogP contribution < -0.4 is 0 Å². The number of phenols is 1. The molecular formula is C11H12N2O. The molecule has 0 radical (unpaired) electrons. The maximum absolute atomic E-state index is 9.28. The molecule has 0 aliphatic rings. The number of nitrogens with zero attached hydrogens (tertiary/aromatic N) is 2. The molecule has 2 rings (SSSR count). The molecule has 0 aliphatic carbocycles. The van der Waals surface area contributed by atoms with Crippen molar-refractivity contribution in [2.75, 3.05) is 0 Å². The Kier molecular flexibility index (Phi) is 2.00. The van der Waals surface area contributed by atoms with E-state index in [4.69, 9.17) is 0 Å². The minimum Gasteiger partial charge on any atom is -0.508 e. The van der Waals surface area contributed by atoms with Gasteiger partial charge in [-0.05, 0) is 30.7 Å². The first-order valence-corrected chi connectivity index (χ1v) is 4.46. The van der Waals surface area contributed by atoms with Gasteiger partial charge in [0, 0.05) is 25.0 Å². The summed E-state index contributed by atoms with van der Waals surface area (Å²) in [7, 11) is 1.95. The topological polar surface area (TPSA) is 38.1 Å². The summed E-state index contributed by atoms with van der Waals surface area (Å²) < 4.78 is 1.96. The number of aromatic nitrogens is 2. The van der Waals surface area contributed by atoms with E-state index in [9.17, 15) is 5.11 Å². The molecule has 1 aromatic carbocycles. The molecule has 14 heavy (non-hydrogen) atoms. The van der Waals surface area contributed by atoms with Gasteiger partial charge in [0.1, 0.15) is 11.6 Å². The second-order valence-electron chi connectivity index (χ2n) is 3.36. The number of benzene rings is 1. The minimum absolute atomic E-state index is 0.292. The van der Waals surface area contributed by atoms with E-state index in [0.29, 0.717) is 5.75 Å². The number of hydrogen-bond acceptors (Lipinski definition) is 2. The van der Waals surface area contributed by atoms with Gasteiger partial charge in [-0.1, -0.05) is 0 Å². The monoisotopic (exact) mass is 188 g/mol. The second kappa shape index (κ2) is 3.18. The third-order valence-electron chi connectivity index (χ3n) is 2.27. The van der Waals surface area contributed by atoms with Crippen molar-refractivity contribution < 1.29 is 5.11 Å². The average Bonchev–Trinajstić information content (AvgIpc) is 2.52. The maximum Gasteiger partial charge on any atom is 0.139 e. The Morgan fingerprint density at radius 3 is 2.71 bits per heavy atom. The van der Waals surface area contributed by atoms with E-state index in [-0.39, 0.29) is 0 Å². The fourth-order valence-electron chi connectivity index (χ4n) is 1.52.